The third kappa shape index (κ3) is 3.10. The molecule has 0 aliphatic carbocycles. The second-order valence-corrected chi connectivity index (χ2v) is 5.39. The SMILES string of the molecule is CCOc1ccc2[nH]c(CCC3CCCNC3)nc2n1. The highest BCUT2D eigenvalue weighted by Crippen LogP contribution is 2.19. The van der Waals surface area contributed by atoms with Crippen LogP contribution in [0, 0.1) is 5.92 Å². The maximum atomic E-state index is 5.41. The van der Waals surface area contributed by atoms with E-state index >= 15 is 0 Å². The van der Waals surface area contributed by atoms with E-state index in [0.717, 1.165) is 35.9 Å². The third-order valence-electron chi connectivity index (χ3n) is 3.85. The molecule has 3 heterocycles. The van der Waals surface area contributed by atoms with E-state index < -0.39 is 0 Å². The van der Waals surface area contributed by atoms with Crippen LogP contribution in [0.3, 0.4) is 0 Å². The highest BCUT2D eigenvalue weighted by Gasteiger charge is 2.14. The van der Waals surface area contributed by atoms with E-state index in [4.69, 9.17) is 4.74 Å². The largest absolute Gasteiger partial charge is 0.478 e. The summed E-state index contributed by atoms with van der Waals surface area (Å²) in [5.74, 6) is 2.46. The Bertz CT molecular complexity index is 560. The van der Waals surface area contributed by atoms with Crippen molar-refractivity contribution in [1.29, 1.82) is 0 Å². The fraction of sp³-hybridized carbons (Fsp3) is 0.600. The molecule has 0 saturated carbocycles. The van der Waals surface area contributed by atoms with Gasteiger partial charge in [-0.1, -0.05) is 0 Å². The summed E-state index contributed by atoms with van der Waals surface area (Å²) in [4.78, 5) is 12.3. The molecular formula is C15H22N4O. The van der Waals surface area contributed by atoms with E-state index in [1.54, 1.807) is 0 Å². The number of imidazole rings is 1. The monoisotopic (exact) mass is 274 g/mol. The van der Waals surface area contributed by atoms with Gasteiger partial charge in [0.25, 0.3) is 0 Å². The maximum absolute atomic E-state index is 5.41. The summed E-state index contributed by atoms with van der Waals surface area (Å²) in [6.45, 7) is 4.91. The Balaban J connectivity index is 1.65. The van der Waals surface area contributed by atoms with Crippen molar-refractivity contribution in [2.24, 2.45) is 5.92 Å². The van der Waals surface area contributed by atoms with Crippen LogP contribution >= 0.6 is 0 Å². The van der Waals surface area contributed by atoms with Crippen molar-refractivity contribution in [1.82, 2.24) is 20.3 Å². The molecule has 108 valence electrons. The Morgan fingerprint density at radius 1 is 1.35 bits per heavy atom. The predicted octanol–water partition coefficient (Wildman–Crippen LogP) is 2.29. The quantitative estimate of drug-likeness (QED) is 0.878. The van der Waals surface area contributed by atoms with Crippen LogP contribution < -0.4 is 10.1 Å². The fourth-order valence-electron chi connectivity index (χ4n) is 2.78. The molecule has 5 heteroatoms. The van der Waals surface area contributed by atoms with Gasteiger partial charge in [0.05, 0.1) is 12.1 Å². The van der Waals surface area contributed by atoms with Crippen LogP contribution in [0.15, 0.2) is 12.1 Å². The second-order valence-electron chi connectivity index (χ2n) is 5.39. The first-order chi connectivity index (χ1) is 9.85. The van der Waals surface area contributed by atoms with Crippen LogP contribution in [0.4, 0.5) is 0 Å². The van der Waals surface area contributed by atoms with E-state index in [-0.39, 0.29) is 0 Å². The van der Waals surface area contributed by atoms with Gasteiger partial charge in [-0.2, -0.15) is 4.98 Å². The summed E-state index contributed by atoms with van der Waals surface area (Å²) in [5, 5.41) is 3.46. The lowest BCUT2D eigenvalue weighted by molar-refractivity contribution is 0.328. The van der Waals surface area contributed by atoms with E-state index in [0.29, 0.717) is 12.5 Å². The highest BCUT2D eigenvalue weighted by atomic mass is 16.5. The van der Waals surface area contributed by atoms with Crippen molar-refractivity contribution >= 4 is 11.2 Å². The molecule has 1 aliphatic heterocycles. The number of hydrogen-bond acceptors (Lipinski definition) is 4. The number of H-pyrrole nitrogens is 1. The van der Waals surface area contributed by atoms with Gasteiger partial charge in [-0.3, -0.25) is 0 Å². The Morgan fingerprint density at radius 2 is 2.30 bits per heavy atom. The number of rotatable bonds is 5. The maximum Gasteiger partial charge on any atom is 0.215 e. The van der Waals surface area contributed by atoms with Gasteiger partial charge in [0.1, 0.15) is 5.82 Å². The number of piperidine rings is 1. The zero-order valence-electron chi connectivity index (χ0n) is 12.0. The number of pyridine rings is 1. The first-order valence-electron chi connectivity index (χ1n) is 7.54. The van der Waals surface area contributed by atoms with Gasteiger partial charge >= 0.3 is 0 Å². The van der Waals surface area contributed by atoms with Crippen molar-refractivity contribution in [2.45, 2.75) is 32.6 Å². The van der Waals surface area contributed by atoms with Crippen molar-refractivity contribution in [3.63, 3.8) is 0 Å². The molecule has 20 heavy (non-hydrogen) atoms. The molecule has 2 N–H and O–H groups in total. The molecule has 3 rings (SSSR count). The molecule has 1 atom stereocenters. The summed E-state index contributed by atoms with van der Waals surface area (Å²) in [5.41, 5.74) is 1.75. The van der Waals surface area contributed by atoms with Gasteiger partial charge in [0.2, 0.25) is 5.88 Å². The standard InChI is InChI=1S/C15H22N4O/c1-2-20-14-8-6-12-15(19-14)18-13(17-12)7-5-11-4-3-9-16-10-11/h6,8,11,16H,2-5,7,9-10H2,1H3,(H,17,18,19). The zero-order chi connectivity index (χ0) is 13.8. The molecule has 1 unspecified atom stereocenters. The number of nitrogens with zero attached hydrogens (tertiary/aromatic N) is 2. The van der Waals surface area contributed by atoms with E-state index in [2.05, 4.69) is 20.3 Å². The lowest BCUT2D eigenvalue weighted by Crippen LogP contribution is -2.29. The minimum Gasteiger partial charge on any atom is -0.478 e. The predicted molar refractivity (Wildman–Crippen MR) is 79.0 cm³/mol. The minimum atomic E-state index is 0.629. The molecule has 1 aliphatic rings. The Hall–Kier alpha value is -1.62. The van der Waals surface area contributed by atoms with Crippen LogP contribution in [-0.4, -0.2) is 34.6 Å². The lowest BCUT2D eigenvalue weighted by Gasteiger charge is -2.22. The van der Waals surface area contributed by atoms with Gasteiger partial charge in [0.15, 0.2) is 5.65 Å². The normalized spacial score (nSPS) is 19.4. The smallest absolute Gasteiger partial charge is 0.215 e. The van der Waals surface area contributed by atoms with Crippen LogP contribution in [0.25, 0.3) is 11.2 Å². The lowest BCUT2D eigenvalue weighted by atomic mass is 9.95. The topological polar surface area (TPSA) is 62.8 Å². The average Bonchev–Trinajstić information content (AvgIpc) is 2.89. The Morgan fingerprint density at radius 3 is 3.10 bits per heavy atom. The first-order valence-corrected chi connectivity index (χ1v) is 7.54. The molecule has 0 aromatic carbocycles. The molecular weight excluding hydrogens is 252 g/mol. The van der Waals surface area contributed by atoms with Gasteiger partial charge < -0.3 is 15.0 Å². The summed E-state index contributed by atoms with van der Waals surface area (Å²) < 4.78 is 5.41. The van der Waals surface area contributed by atoms with Crippen molar-refractivity contribution in [3.8, 4) is 5.88 Å². The van der Waals surface area contributed by atoms with E-state index in [1.165, 1.54) is 25.8 Å². The van der Waals surface area contributed by atoms with Crippen LogP contribution in [-0.2, 0) is 6.42 Å². The third-order valence-corrected chi connectivity index (χ3v) is 3.85. The molecule has 0 bridgehead atoms. The average molecular weight is 274 g/mol. The van der Waals surface area contributed by atoms with E-state index in [1.807, 2.05) is 19.1 Å². The number of aryl methyl sites for hydroxylation is 1. The Labute approximate surface area is 119 Å². The molecule has 0 amide bonds. The molecule has 1 fully saturated rings. The molecule has 0 spiro atoms. The molecule has 2 aromatic heterocycles. The second kappa shape index (κ2) is 6.22. The number of hydrogen-bond donors (Lipinski definition) is 2. The van der Waals surface area contributed by atoms with Gasteiger partial charge in [0, 0.05) is 12.5 Å². The number of aromatic nitrogens is 3. The van der Waals surface area contributed by atoms with Crippen LogP contribution in [0.1, 0.15) is 32.0 Å². The summed E-state index contributed by atoms with van der Waals surface area (Å²) in [7, 11) is 0. The van der Waals surface area contributed by atoms with Crippen LogP contribution in [0.2, 0.25) is 0 Å². The molecule has 1 saturated heterocycles. The summed E-state index contributed by atoms with van der Waals surface area (Å²) >= 11 is 0. The van der Waals surface area contributed by atoms with Crippen LogP contribution in [0.5, 0.6) is 5.88 Å². The van der Waals surface area contributed by atoms with E-state index in [9.17, 15) is 0 Å². The number of aromatic amines is 1. The minimum absolute atomic E-state index is 0.629. The van der Waals surface area contributed by atoms with Crippen molar-refractivity contribution in [2.75, 3.05) is 19.7 Å². The Kier molecular flexibility index (Phi) is 4.16. The zero-order valence-corrected chi connectivity index (χ0v) is 12.0. The molecule has 0 radical (unpaired) electrons. The molecule has 2 aromatic rings. The van der Waals surface area contributed by atoms with Gasteiger partial charge in [-0.05, 0) is 51.3 Å². The van der Waals surface area contributed by atoms with Crippen molar-refractivity contribution in [3.05, 3.63) is 18.0 Å². The van der Waals surface area contributed by atoms with Gasteiger partial charge in [-0.15, -0.1) is 0 Å². The highest BCUT2D eigenvalue weighted by molar-refractivity contribution is 5.71. The fourth-order valence-corrected chi connectivity index (χ4v) is 2.78. The first kappa shape index (κ1) is 13.4. The van der Waals surface area contributed by atoms with Crippen molar-refractivity contribution < 1.29 is 4.74 Å². The number of ether oxygens (including phenoxy) is 1. The summed E-state index contributed by atoms with van der Waals surface area (Å²) in [6.07, 6.45) is 4.81. The van der Waals surface area contributed by atoms with Gasteiger partial charge in [-0.25, -0.2) is 4.98 Å². The number of fused-ring (bicyclic) bond motifs is 1. The number of nitrogens with one attached hydrogen (secondary N) is 2. The summed E-state index contributed by atoms with van der Waals surface area (Å²) in [6, 6.07) is 3.88. The molecule has 5 nitrogen and oxygen atoms in total.